The van der Waals surface area contributed by atoms with Crippen LogP contribution in [-0.2, 0) is 13.6 Å². The summed E-state index contributed by atoms with van der Waals surface area (Å²) in [6.45, 7) is 1.70. The van der Waals surface area contributed by atoms with Gasteiger partial charge in [0.05, 0.1) is 14.2 Å². The standard InChI is InChI=1S/C18H27N3O2/c1-20(2)16(13-19-12-15-7-6-10-21(15)3)14-8-9-17(22-4)18(11-14)23-5/h6-11,16,19H,12-13H2,1-5H3. The highest BCUT2D eigenvalue weighted by Gasteiger charge is 2.16. The van der Waals surface area contributed by atoms with Crippen LogP contribution in [0.3, 0.4) is 0 Å². The van der Waals surface area contributed by atoms with E-state index in [1.54, 1.807) is 14.2 Å². The maximum absolute atomic E-state index is 5.42. The maximum atomic E-state index is 5.42. The van der Waals surface area contributed by atoms with E-state index in [1.165, 1.54) is 11.3 Å². The van der Waals surface area contributed by atoms with Gasteiger partial charge in [0.15, 0.2) is 11.5 Å². The molecule has 1 N–H and O–H groups in total. The number of aromatic nitrogens is 1. The van der Waals surface area contributed by atoms with Crippen LogP contribution < -0.4 is 14.8 Å². The van der Waals surface area contributed by atoms with Gasteiger partial charge in [0.2, 0.25) is 0 Å². The molecule has 2 aromatic rings. The normalized spacial score (nSPS) is 12.4. The van der Waals surface area contributed by atoms with Gasteiger partial charge in [-0.05, 0) is 43.9 Å². The van der Waals surface area contributed by atoms with Crippen molar-refractivity contribution in [2.45, 2.75) is 12.6 Å². The molecule has 0 radical (unpaired) electrons. The van der Waals surface area contributed by atoms with Crippen molar-refractivity contribution in [3.8, 4) is 11.5 Å². The van der Waals surface area contributed by atoms with Gasteiger partial charge >= 0.3 is 0 Å². The minimum Gasteiger partial charge on any atom is -0.493 e. The number of nitrogens with zero attached hydrogens (tertiary/aromatic N) is 2. The largest absolute Gasteiger partial charge is 0.493 e. The van der Waals surface area contributed by atoms with E-state index in [0.29, 0.717) is 0 Å². The highest BCUT2D eigenvalue weighted by molar-refractivity contribution is 5.43. The third-order valence-corrected chi connectivity index (χ3v) is 4.11. The Bertz CT molecular complexity index is 622. The topological polar surface area (TPSA) is 38.7 Å². The molecule has 0 aliphatic heterocycles. The van der Waals surface area contributed by atoms with Gasteiger partial charge < -0.3 is 24.3 Å². The van der Waals surface area contributed by atoms with Crippen molar-refractivity contribution in [2.75, 3.05) is 34.9 Å². The minimum atomic E-state index is 0.259. The van der Waals surface area contributed by atoms with Crippen LogP contribution in [0, 0.1) is 0 Å². The number of aryl methyl sites for hydroxylation is 1. The fraction of sp³-hybridized carbons (Fsp3) is 0.444. The van der Waals surface area contributed by atoms with Crippen molar-refractivity contribution >= 4 is 0 Å². The van der Waals surface area contributed by atoms with E-state index in [0.717, 1.165) is 24.6 Å². The maximum Gasteiger partial charge on any atom is 0.161 e. The number of rotatable bonds is 8. The molecule has 5 heteroatoms. The summed E-state index contributed by atoms with van der Waals surface area (Å²) >= 11 is 0. The second-order valence-electron chi connectivity index (χ2n) is 5.84. The van der Waals surface area contributed by atoms with Crippen LogP contribution in [0.25, 0.3) is 0 Å². The predicted molar refractivity (Wildman–Crippen MR) is 93.1 cm³/mol. The SMILES string of the molecule is COc1ccc(C(CNCc2cccn2C)N(C)C)cc1OC. The first-order chi connectivity index (χ1) is 11.1. The second-order valence-corrected chi connectivity index (χ2v) is 5.84. The van der Waals surface area contributed by atoms with Gasteiger partial charge in [0.25, 0.3) is 0 Å². The first-order valence-electron chi connectivity index (χ1n) is 7.76. The molecule has 0 spiro atoms. The molecule has 1 atom stereocenters. The van der Waals surface area contributed by atoms with Crippen LogP contribution in [0.2, 0.25) is 0 Å². The highest BCUT2D eigenvalue weighted by Crippen LogP contribution is 2.31. The molecule has 1 aromatic heterocycles. The molecule has 23 heavy (non-hydrogen) atoms. The van der Waals surface area contributed by atoms with Gasteiger partial charge in [-0.1, -0.05) is 6.07 Å². The summed E-state index contributed by atoms with van der Waals surface area (Å²) in [5.41, 5.74) is 2.47. The number of benzene rings is 1. The number of nitrogens with one attached hydrogen (secondary N) is 1. The molecule has 0 amide bonds. The molecule has 0 saturated heterocycles. The minimum absolute atomic E-state index is 0.259. The molecule has 0 bridgehead atoms. The third-order valence-electron chi connectivity index (χ3n) is 4.11. The van der Waals surface area contributed by atoms with Crippen LogP contribution >= 0.6 is 0 Å². The van der Waals surface area contributed by atoms with Crippen molar-refractivity contribution in [2.24, 2.45) is 7.05 Å². The summed E-state index contributed by atoms with van der Waals surface area (Å²) < 4.78 is 12.9. The fourth-order valence-electron chi connectivity index (χ4n) is 2.68. The Hall–Kier alpha value is -1.98. The van der Waals surface area contributed by atoms with Gasteiger partial charge in [-0.15, -0.1) is 0 Å². The zero-order chi connectivity index (χ0) is 16.8. The first-order valence-corrected chi connectivity index (χ1v) is 7.76. The average Bonchev–Trinajstić information content (AvgIpc) is 2.95. The third kappa shape index (κ3) is 4.27. The number of likely N-dealkylation sites (N-methyl/N-ethyl adjacent to an activating group) is 1. The molecule has 0 aliphatic carbocycles. The number of hydrogen-bond acceptors (Lipinski definition) is 4. The molecule has 126 valence electrons. The van der Waals surface area contributed by atoms with E-state index >= 15 is 0 Å². The van der Waals surface area contributed by atoms with Crippen molar-refractivity contribution in [1.29, 1.82) is 0 Å². The molecule has 1 unspecified atom stereocenters. The lowest BCUT2D eigenvalue weighted by Crippen LogP contribution is -2.31. The Kier molecular flexibility index (Phi) is 6.07. The molecule has 1 aromatic carbocycles. The van der Waals surface area contributed by atoms with Crippen molar-refractivity contribution < 1.29 is 9.47 Å². The molecule has 0 fully saturated rings. The van der Waals surface area contributed by atoms with E-state index in [2.05, 4.69) is 60.3 Å². The van der Waals surface area contributed by atoms with Gasteiger partial charge in [0, 0.05) is 38.1 Å². The van der Waals surface area contributed by atoms with E-state index in [-0.39, 0.29) is 6.04 Å². The van der Waals surface area contributed by atoms with E-state index in [1.807, 2.05) is 12.1 Å². The van der Waals surface area contributed by atoms with E-state index in [9.17, 15) is 0 Å². The Balaban J connectivity index is 2.07. The Morgan fingerprint density at radius 3 is 2.43 bits per heavy atom. The van der Waals surface area contributed by atoms with Gasteiger partial charge in [0.1, 0.15) is 0 Å². The number of methoxy groups -OCH3 is 2. The zero-order valence-corrected chi connectivity index (χ0v) is 14.7. The van der Waals surface area contributed by atoms with Crippen LogP contribution in [-0.4, -0.2) is 44.3 Å². The molecular formula is C18H27N3O2. The molecule has 2 rings (SSSR count). The Morgan fingerprint density at radius 1 is 1.13 bits per heavy atom. The lowest BCUT2D eigenvalue weighted by molar-refractivity contribution is 0.286. The molecule has 1 heterocycles. The summed E-state index contributed by atoms with van der Waals surface area (Å²) in [7, 11) is 9.56. The first kappa shape index (κ1) is 17.4. The Labute approximate surface area is 138 Å². The van der Waals surface area contributed by atoms with Crippen LogP contribution in [0.5, 0.6) is 11.5 Å². The van der Waals surface area contributed by atoms with Crippen molar-refractivity contribution in [3.63, 3.8) is 0 Å². The van der Waals surface area contributed by atoms with Gasteiger partial charge in [-0.2, -0.15) is 0 Å². The Morgan fingerprint density at radius 2 is 1.87 bits per heavy atom. The molecular weight excluding hydrogens is 290 g/mol. The molecule has 0 aliphatic rings. The van der Waals surface area contributed by atoms with Gasteiger partial charge in [-0.3, -0.25) is 0 Å². The van der Waals surface area contributed by atoms with Crippen molar-refractivity contribution in [1.82, 2.24) is 14.8 Å². The summed E-state index contributed by atoms with van der Waals surface area (Å²) in [4.78, 5) is 2.21. The lowest BCUT2D eigenvalue weighted by Gasteiger charge is -2.26. The number of ether oxygens (including phenoxy) is 2. The van der Waals surface area contributed by atoms with Crippen LogP contribution in [0.15, 0.2) is 36.5 Å². The summed E-state index contributed by atoms with van der Waals surface area (Å²) in [6.07, 6.45) is 2.06. The van der Waals surface area contributed by atoms with E-state index < -0.39 is 0 Å². The zero-order valence-electron chi connectivity index (χ0n) is 14.7. The quantitative estimate of drug-likeness (QED) is 0.812. The van der Waals surface area contributed by atoms with E-state index in [4.69, 9.17) is 9.47 Å². The fourth-order valence-corrected chi connectivity index (χ4v) is 2.68. The van der Waals surface area contributed by atoms with Crippen LogP contribution in [0.4, 0.5) is 0 Å². The molecule has 5 nitrogen and oxygen atoms in total. The smallest absolute Gasteiger partial charge is 0.161 e. The second kappa shape index (κ2) is 8.04. The van der Waals surface area contributed by atoms with Crippen molar-refractivity contribution in [3.05, 3.63) is 47.8 Å². The number of hydrogen-bond donors (Lipinski definition) is 1. The highest BCUT2D eigenvalue weighted by atomic mass is 16.5. The lowest BCUT2D eigenvalue weighted by atomic mass is 10.0. The summed E-state index contributed by atoms with van der Waals surface area (Å²) in [5.74, 6) is 1.52. The van der Waals surface area contributed by atoms with Gasteiger partial charge in [-0.25, -0.2) is 0 Å². The summed E-state index contributed by atoms with van der Waals surface area (Å²) in [5, 5.41) is 3.54. The summed E-state index contributed by atoms with van der Waals surface area (Å²) in [6, 6.07) is 10.6. The molecule has 0 saturated carbocycles. The average molecular weight is 317 g/mol. The van der Waals surface area contributed by atoms with Crippen LogP contribution in [0.1, 0.15) is 17.3 Å². The predicted octanol–water partition coefficient (Wildman–Crippen LogP) is 2.43. The monoisotopic (exact) mass is 317 g/mol.